The summed E-state index contributed by atoms with van der Waals surface area (Å²) in [5.74, 6) is 0.471. The molecule has 0 saturated heterocycles. The maximum Gasteiger partial charge on any atom is 0.211 e. The van der Waals surface area contributed by atoms with Gasteiger partial charge in [0.05, 0.1) is 5.75 Å². The summed E-state index contributed by atoms with van der Waals surface area (Å²) in [5, 5.41) is 0.647. The number of fused-ring (bicyclic) bond motifs is 2. The lowest BCUT2D eigenvalue weighted by Crippen LogP contribution is -2.28. The zero-order chi connectivity index (χ0) is 22.5. The number of nitrogens with one attached hydrogen (secondary N) is 1. The molecule has 32 heavy (non-hydrogen) atoms. The maximum absolute atomic E-state index is 12.3. The van der Waals surface area contributed by atoms with Gasteiger partial charge in [-0.05, 0) is 49.8 Å². The minimum absolute atomic E-state index is 0.0280. The highest BCUT2D eigenvalue weighted by Crippen LogP contribution is 2.36. The van der Waals surface area contributed by atoms with Crippen molar-refractivity contribution in [2.45, 2.75) is 61.7 Å². The lowest BCUT2D eigenvalue weighted by molar-refractivity contribution is 0.0994. The van der Waals surface area contributed by atoms with Gasteiger partial charge in [-0.1, -0.05) is 17.8 Å². The number of nitrogen functional groups attached to an aromatic ring is 1. The summed E-state index contributed by atoms with van der Waals surface area (Å²) in [4.78, 5) is 26.2. The van der Waals surface area contributed by atoms with Gasteiger partial charge in [0.2, 0.25) is 10.0 Å². The summed E-state index contributed by atoms with van der Waals surface area (Å²) in [6.45, 7) is 2.44. The predicted molar refractivity (Wildman–Crippen MR) is 122 cm³/mol. The van der Waals surface area contributed by atoms with E-state index in [1.165, 1.54) is 18.1 Å². The summed E-state index contributed by atoms with van der Waals surface area (Å²) in [6, 6.07) is 4.10. The number of aromatic nitrogens is 4. The first kappa shape index (κ1) is 21.4. The number of hydrogen-bond donors (Lipinski definition) is 2. The van der Waals surface area contributed by atoms with Crippen LogP contribution in [0.4, 0.5) is 5.82 Å². The van der Waals surface area contributed by atoms with E-state index in [9.17, 15) is 13.2 Å². The summed E-state index contributed by atoms with van der Waals surface area (Å²) in [6.07, 6.45) is 4.95. The molecule has 1 saturated carbocycles. The molecule has 0 unspecified atom stereocenters. The lowest BCUT2D eigenvalue weighted by atomic mass is 10.1. The molecule has 168 valence electrons. The van der Waals surface area contributed by atoms with Crippen molar-refractivity contribution in [3.8, 4) is 0 Å². The first-order chi connectivity index (χ1) is 15.3. The van der Waals surface area contributed by atoms with Crippen LogP contribution >= 0.6 is 11.8 Å². The van der Waals surface area contributed by atoms with Crippen LogP contribution in [0.15, 0.2) is 28.5 Å². The number of carbonyl (C=O) groups is 1. The van der Waals surface area contributed by atoms with Crippen molar-refractivity contribution in [3.63, 3.8) is 0 Å². The fraction of sp³-hybridized carbons (Fsp3) is 0.429. The van der Waals surface area contributed by atoms with Crippen LogP contribution < -0.4 is 10.5 Å². The molecule has 9 nitrogen and oxygen atoms in total. The predicted octanol–water partition coefficient (Wildman–Crippen LogP) is 2.47. The van der Waals surface area contributed by atoms with Gasteiger partial charge < -0.3 is 10.3 Å². The average Bonchev–Trinajstić information content (AvgIpc) is 3.37. The van der Waals surface area contributed by atoms with E-state index in [0.717, 1.165) is 40.8 Å². The SMILES string of the molecule is Cc1cc2c(cc1Sc1nc3c(N)ncnc3n1CCCS(=O)(=O)NC1CC1)C(=O)CC2. The first-order valence-corrected chi connectivity index (χ1v) is 13.1. The van der Waals surface area contributed by atoms with Gasteiger partial charge in [0, 0.05) is 29.5 Å². The van der Waals surface area contributed by atoms with Gasteiger partial charge in [-0.15, -0.1) is 0 Å². The van der Waals surface area contributed by atoms with E-state index in [2.05, 4.69) is 25.7 Å². The zero-order valence-electron chi connectivity index (χ0n) is 17.7. The quantitative estimate of drug-likeness (QED) is 0.511. The Morgan fingerprint density at radius 3 is 2.84 bits per heavy atom. The highest BCUT2D eigenvalue weighted by molar-refractivity contribution is 7.99. The van der Waals surface area contributed by atoms with Gasteiger partial charge in [-0.2, -0.15) is 0 Å². The zero-order valence-corrected chi connectivity index (χ0v) is 19.3. The second kappa shape index (κ2) is 8.13. The first-order valence-electron chi connectivity index (χ1n) is 10.6. The van der Waals surface area contributed by atoms with Crippen LogP contribution in [0.25, 0.3) is 11.2 Å². The second-order valence-electron chi connectivity index (χ2n) is 8.34. The van der Waals surface area contributed by atoms with Crippen molar-refractivity contribution >= 4 is 44.6 Å². The van der Waals surface area contributed by atoms with Gasteiger partial charge in [0.25, 0.3) is 0 Å². The van der Waals surface area contributed by atoms with E-state index in [1.54, 1.807) is 0 Å². The Hall–Kier alpha value is -2.50. The van der Waals surface area contributed by atoms with Gasteiger partial charge in [-0.25, -0.2) is 28.1 Å². The molecule has 5 rings (SSSR count). The molecule has 2 aliphatic carbocycles. The van der Waals surface area contributed by atoms with Gasteiger partial charge in [0.1, 0.15) is 6.33 Å². The van der Waals surface area contributed by atoms with Crippen LogP contribution in [0.2, 0.25) is 0 Å². The Morgan fingerprint density at radius 2 is 2.06 bits per heavy atom. The van der Waals surface area contributed by atoms with Crippen LogP contribution in [0, 0.1) is 6.92 Å². The maximum atomic E-state index is 12.3. The fourth-order valence-electron chi connectivity index (χ4n) is 3.95. The number of anilines is 1. The Kier molecular flexibility index (Phi) is 5.42. The van der Waals surface area contributed by atoms with Crippen molar-refractivity contribution in [2.75, 3.05) is 11.5 Å². The van der Waals surface area contributed by atoms with Crippen LogP contribution in [-0.2, 0) is 23.0 Å². The van der Waals surface area contributed by atoms with Crippen molar-refractivity contribution in [2.24, 2.45) is 0 Å². The Labute approximate surface area is 190 Å². The monoisotopic (exact) mass is 472 g/mol. The number of nitrogens with zero attached hydrogens (tertiary/aromatic N) is 4. The van der Waals surface area contributed by atoms with Gasteiger partial charge in [0.15, 0.2) is 27.9 Å². The molecule has 1 fully saturated rings. The topological polar surface area (TPSA) is 133 Å². The highest BCUT2D eigenvalue weighted by Gasteiger charge is 2.27. The third-order valence-electron chi connectivity index (χ3n) is 5.77. The summed E-state index contributed by atoms with van der Waals surface area (Å²) < 4.78 is 29.1. The molecule has 0 aliphatic heterocycles. The summed E-state index contributed by atoms with van der Waals surface area (Å²) in [7, 11) is -3.31. The number of rotatable bonds is 8. The van der Waals surface area contributed by atoms with E-state index in [-0.39, 0.29) is 23.4 Å². The summed E-state index contributed by atoms with van der Waals surface area (Å²) >= 11 is 1.43. The van der Waals surface area contributed by atoms with E-state index < -0.39 is 10.0 Å². The Balaban J connectivity index is 1.44. The fourth-order valence-corrected chi connectivity index (χ4v) is 6.33. The van der Waals surface area contributed by atoms with E-state index in [0.29, 0.717) is 35.7 Å². The lowest BCUT2D eigenvalue weighted by Gasteiger charge is -2.11. The van der Waals surface area contributed by atoms with Crippen LogP contribution in [-0.4, -0.2) is 45.5 Å². The van der Waals surface area contributed by atoms with E-state index >= 15 is 0 Å². The molecule has 11 heteroatoms. The number of ketones is 1. The molecule has 2 aromatic heterocycles. The molecule has 0 bridgehead atoms. The molecular formula is C21H24N6O3S2. The number of nitrogens with two attached hydrogens (primary N) is 1. The van der Waals surface area contributed by atoms with Gasteiger partial charge >= 0.3 is 0 Å². The minimum atomic E-state index is -3.31. The molecule has 3 aromatic rings. The molecule has 0 atom stereocenters. The average molecular weight is 473 g/mol. The minimum Gasteiger partial charge on any atom is -0.382 e. The summed E-state index contributed by atoms with van der Waals surface area (Å²) in [5.41, 5.74) is 10.0. The number of hydrogen-bond acceptors (Lipinski definition) is 8. The smallest absolute Gasteiger partial charge is 0.211 e. The highest BCUT2D eigenvalue weighted by atomic mass is 32.2. The Morgan fingerprint density at radius 1 is 1.25 bits per heavy atom. The third kappa shape index (κ3) is 4.24. The molecule has 1 aromatic carbocycles. The van der Waals surface area contributed by atoms with Crippen molar-refractivity contribution < 1.29 is 13.2 Å². The van der Waals surface area contributed by atoms with E-state index in [1.807, 2.05) is 17.6 Å². The van der Waals surface area contributed by atoms with Crippen molar-refractivity contribution in [3.05, 3.63) is 35.2 Å². The molecule has 2 heterocycles. The van der Waals surface area contributed by atoms with Crippen molar-refractivity contribution in [1.29, 1.82) is 0 Å². The van der Waals surface area contributed by atoms with Crippen molar-refractivity contribution in [1.82, 2.24) is 24.2 Å². The number of benzene rings is 1. The van der Waals surface area contributed by atoms with Gasteiger partial charge in [-0.3, -0.25) is 4.79 Å². The number of Topliss-reactive ketones (excluding diaryl/α,β-unsaturated/α-hetero) is 1. The van der Waals surface area contributed by atoms with Crippen LogP contribution in [0.5, 0.6) is 0 Å². The van der Waals surface area contributed by atoms with Crippen LogP contribution in [0.3, 0.4) is 0 Å². The molecule has 0 radical (unpaired) electrons. The molecule has 2 aliphatic rings. The van der Waals surface area contributed by atoms with Crippen LogP contribution in [0.1, 0.15) is 47.2 Å². The standard InChI is InChI=1S/C21H24N6O3S2/c1-12-9-13-3-6-16(28)15(13)10-17(12)31-21-25-18-19(22)23-11-24-20(18)27(21)7-2-8-32(29,30)26-14-4-5-14/h9-11,14,26H,2-8H2,1H3,(H2,22,23,24). The number of sulfonamides is 1. The third-order valence-corrected chi connectivity index (χ3v) is 8.44. The molecule has 0 spiro atoms. The number of imidazole rings is 1. The van der Waals surface area contributed by atoms with E-state index in [4.69, 9.17) is 5.73 Å². The number of aryl methyl sites for hydroxylation is 3. The number of carbonyl (C=O) groups excluding carboxylic acids is 1. The second-order valence-corrected chi connectivity index (χ2v) is 11.2. The normalized spacial score (nSPS) is 16.1. The largest absolute Gasteiger partial charge is 0.382 e. The molecule has 3 N–H and O–H groups in total. The molecular weight excluding hydrogens is 448 g/mol. The molecule has 0 amide bonds. The Bertz CT molecular complexity index is 1330.